The van der Waals surface area contributed by atoms with Crippen molar-refractivity contribution in [3.05, 3.63) is 65.7 Å². The Hall–Kier alpha value is -3.65. The zero-order valence-electron chi connectivity index (χ0n) is 18.2. The number of nitrogens with one attached hydrogen (secondary N) is 1. The van der Waals surface area contributed by atoms with E-state index in [0.717, 1.165) is 51.1 Å². The van der Waals surface area contributed by atoms with E-state index in [1.807, 2.05) is 6.07 Å². The lowest BCUT2D eigenvalue weighted by Crippen LogP contribution is -2.43. The van der Waals surface area contributed by atoms with Gasteiger partial charge in [-0.2, -0.15) is 0 Å². The largest absolute Gasteiger partial charge is 0.478 e. The number of carboxylic acids is 2. The highest BCUT2D eigenvalue weighted by atomic mass is 16.4. The Morgan fingerprint density at radius 2 is 1.52 bits per heavy atom. The van der Waals surface area contributed by atoms with Crippen LogP contribution in [0.5, 0.6) is 0 Å². The molecule has 8 heteroatoms. The molecule has 2 amide bonds. The summed E-state index contributed by atoms with van der Waals surface area (Å²) in [5, 5.41) is 18.8. The SMILES string of the molecule is O=C(Nc1ccc2c(c1)Cc1ccccc1-2)N1CCN2CCC1CC2.O=C(O)/C=C/C(=O)O. The van der Waals surface area contributed by atoms with Crippen LogP contribution in [0, 0.1) is 0 Å². The topological polar surface area (TPSA) is 110 Å². The minimum atomic E-state index is -1.26. The van der Waals surface area contributed by atoms with Gasteiger partial charge in [-0.3, -0.25) is 0 Å². The van der Waals surface area contributed by atoms with Crippen LogP contribution in [0.15, 0.2) is 54.6 Å². The van der Waals surface area contributed by atoms with Gasteiger partial charge in [0.15, 0.2) is 0 Å². The fourth-order valence-corrected chi connectivity index (χ4v) is 4.71. The zero-order valence-corrected chi connectivity index (χ0v) is 18.2. The third kappa shape index (κ3) is 5.40. The van der Waals surface area contributed by atoms with E-state index in [4.69, 9.17) is 10.2 Å². The summed E-state index contributed by atoms with van der Waals surface area (Å²) in [5.74, 6) is -2.51. The molecule has 2 bridgehead atoms. The molecule has 2 aromatic rings. The van der Waals surface area contributed by atoms with Gasteiger partial charge in [-0.1, -0.05) is 30.3 Å². The number of fused-ring (bicyclic) bond motifs is 7. The van der Waals surface area contributed by atoms with Crippen molar-refractivity contribution in [2.45, 2.75) is 25.3 Å². The van der Waals surface area contributed by atoms with Gasteiger partial charge in [0, 0.05) is 50.1 Å². The molecule has 8 nitrogen and oxygen atoms in total. The molecule has 33 heavy (non-hydrogen) atoms. The quantitative estimate of drug-likeness (QED) is 0.530. The first kappa shape index (κ1) is 22.5. The van der Waals surface area contributed by atoms with E-state index in [9.17, 15) is 14.4 Å². The monoisotopic (exact) mass is 449 g/mol. The molecule has 0 atom stereocenters. The van der Waals surface area contributed by atoms with Gasteiger partial charge in [0.25, 0.3) is 0 Å². The number of aliphatic carboxylic acids is 2. The lowest BCUT2D eigenvalue weighted by molar-refractivity contribution is -0.134. The van der Waals surface area contributed by atoms with Gasteiger partial charge in [-0.15, -0.1) is 0 Å². The molecule has 2 aromatic carbocycles. The first-order chi connectivity index (χ1) is 15.9. The molecule has 3 fully saturated rings. The second-order valence-electron chi connectivity index (χ2n) is 8.41. The molecule has 3 aliphatic heterocycles. The molecule has 3 heterocycles. The third-order valence-corrected chi connectivity index (χ3v) is 6.33. The molecular weight excluding hydrogens is 422 g/mol. The standard InChI is InChI=1S/C21H23N3O.C4H4O4/c25-21(24-12-11-23-9-7-18(24)8-10-23)22-17-5-6-20-16(14-17)13-15-3-1-2-4-19(15)20;5-3(6)1-2-4(7)8/h1-6,14,18H,7-13H2,(H,22,25);1-2H,(H,5,6)(H,7,8)/b;2-1+. The summed E-state index contributed by atoms with van der Waals surface area (Å²) >= 11 is 0. The third-order valence-electron chi connectivity index (χ3n) is 6.33. The van der Waals surface area contributed by atoms with Crippen LogP contribution in [0.2, 0.25) is 0 Å². The van der Waals surface area contributed by atoms with Crippen LogP contribution in [0.4, 0.5) is 10.5 Å². The lowest BCUT2D eigenvalue weighted by atomic mass is 10.1. The lowest BCUT2D eigenvalue weighted by Gasteiger charge is -2.31. The molecule has 3 saturated heterocycles. The highest BCUT2D eigenvalue weighted by molar-refractivity contribution is 5.91. The summed E-state index contributed by atoms with van der Waals surface area (Å²) in [7, 11) is 0. The number of piperidine rings is 1. The van der Waals surface area contributed by atoms with Crippen molar-refractivity contribution in [1.29, 1.82) is 0 Å². The molecule has 0 radical (unpaired) electrons. The number of hydrogen-bond acceptors (Lipinski definition) is 4. The highest BCUT2D eigenvalue weighted by Crippen LogP contribution is 2.37. The molecule has 0 aromatic heterocycles. The molecular formula is C25H27N3O5. The van der Waals surface area contributed by atoms with E-state index < -0.39 is 11.9 Å². The van der Waals surface area contributed by atoms with E-state index in [-0.39, 0.29) is 6.03 Å². The normalized spacial score (nSPS) is 20.3. The fourth-order valence-electron chi connectivity index (χ4n) is 4.71. The van der Waals surface area contributed by atoms with Crippen molar-refractivity contribution < 1.29 is 24.6 Å². The number of urea groups is 1. The number of carbonyl (C=O) groups excluding carboxylic acids is 1. The van der Waals surface area contributed by atoms with Crippen LogP contribution in [-0.2, 0) is 16.0 Å². The number of amides is 2. The number of rotatable bonds is 3. The number of benzene rings is 2. The van der Waals surface area contributed by atoms with E-state index in [1.54, 1.807) is 0 Å². The van der Waals surface area contributed by atoms with Crippen molar-refractivity contribution in [3.8, 4) is 11.1 Å². The Morgan fingerprint density at radius 1 is 0.848 bits per heavy atom. The summed E-state index contributed by atoms with van der Waals surface area (Å²) < 4.78 is 0. The van der Waals surface area contributed by atoms with Crippen LogP contribution in [0.25, 0.3) is 11.1 Å². The molecule has 0 spiro atoms. The maximum atomic E-state index is 12.8. The summed E-state index contributed by atoms with van der Waals surface area (Å²) in [6, 6.07) is 15.4. The van der Waals surface area contributed by atoms with Gasteiger partial charge >= 0.3 is 18.0 Å². The summed E-state index contributed by atoms with van der Waals surface area (Å²) in [4.78, 5) is 36.4. The molecule has 0 unspecified atom stereocenters. The van der Waals surface area contributed by atoms with Gasteiger partial charge in [-0.05, 0) is 53.6 Å². The molecule has 6 rings (SSSR count). The first-order valence-corrected chi connectivity index (χ1v) is 11.1. The van der Waals surface area contributed by atoms with Crippen molar-refractivity contribution in [2.24, 2.45) is 0 Å². The molecule has 3 N–H and O–H groups in total. The maximum Gasteiger partial charge on any atom is 0.328 e. The number of carboxylic acid groups (broad SMARTS) is 2. The predicted octanol–water partition coefficient (Wildman–Crippen LogP) is 3.28. The second-order valence-corrected chi connectivity index (χ2v) is 8.41. The molecule has 172 valence electrons. The van der Waals surface area contributed by atoms with Gasteiger partial charge < -0.3 is 25.3 Å². The zero-order chi connectivity index (χ0) is 23.4. The van der Waals surface area contributed by atoms with Gasteiger partial charge in [0.1, 0.15) is 0 Å². The maximum absolute atomic E-state index is 12.8. The minimum Gasteiger partial charge on any atom is -0.478 e. The van der Waals surface area contributed by atoms with Crippen LogP contribution in [0.3, 0.4) is 0 Å². The van der Waals surface area contributed by atoms with Crippen LogP contribution in [0.1, 0.15) is 24.0 Å². The van der Waals surface area contributed by atoms with E-state index in [0.29, 0.717) is 18.2 Å². The highest BCUT2D eigenvalue weighted by Gasteiger charge is 2.32. The number of hydrogen-bond donors (Lipinski definition) is 3. The smallest absolute Gasteiger partial charge is 0.328 e. The van der Waals surface area contributed by atoms with Crippen LogP contribution < -0.4 is 5.32 Å². The molecule has 1 aliphatic carbocycles. The average molecular weight is 450 g/mol. The predicted molar refractivity (Wildman–Crippen MR) is 124 cm³/mol. The van der Waals surface area contributed by atoms with Gasteiger partial charge in [0.2, 0.25) is 0 Å². The number of carbonyl (C=O) groups is 3. The summed E-state index contributed by atoms with van der Waals surface area (Å²) in [6.07, 6.45) is 4.28. The van der Waals surface area contributed by atoms with Crippen LogP contribution >= 0.6 is 0 Å². The van der Waals surface area contributed by atoms with Crippen LogP contribution in [-0.4, -0.2) is 70.2 Å². The minimum absolute atomic E-state index is 0.0595. The van der Waals surface area contributed by atoms with Gasteiger partial charge in [-0.25, -0.2) is 14.4 Å². The molecule has 0 saturated carbocycles. The van der Waals surface area contributed by atoms with E-state index in [1.165, 1.54) is 22.3 Å². The second kappa shape index (κ2) is 9.87. The average Bonchev–Trinajstić information content (AvgIpc) is 2.92. The van der Waals surface area contributed by atoms with Crippen molar-refractivity contribution in [3.63, 3.8) is 0 Å². The van der Waals surface area contributed by atoms with Crippen molar-refractivity contribution in [2.75, 3.05) is 31.5 Å². The van der Waals surface area contributed by atoms with Crippen molar-refractivity contribution in [1.82, 2.24) is 9.80 Å². The van der Waals surface area contributed by atoms with Gasteiger partial charge in [0.05, 0.1) is 0 Å². The number of nitrogens with zero attached hydrogens (tertiary/aromatic N) is 2. The first-order valence-electron chi connectivity index (χ1n) is 11.1. The van der Waals surface area contributed by atoms with E-state index in [2.05, 4.69) is 51.5 Å². The Bertz CT molecular complexity index is 1070. The van der Waals surface area contributed by atoms with E-state index >= 15 is 0 Å². The van der Waals surface area contributed by atoms with Crippen molar-refractivity contribution >= 4 is 23.7 Å². The summed E-state index contributed by atoms with van der Waals surface area (Å²) in [5.41, 5.74) is 6.22. The Labute approximate surface area is 192 Å². The Kier molecular flexibility index (Phi) is 6.74. The summed E-state index contributed by atoms with van der Waals surface area (Å²) in [6.45, 7) is 4.10. The molecule has 4 aliphatic rings. The number of anilines is 1. The Morgan fingerprint density at radius 3 is 2.21 bits per heavy atom. The Balaban J connectivity index is 0.000000281. The fraction of sp³-hybridized carbons (Fsp3) is 0.320.